The van der Waals surface area contributed by atoms with E-state index in [2.05, 4.69) is 17.2 Å². The number of hydrogen-bond acceptors (Lipinski definition) is 2. The van der Waals surface area contributed by atoms with Gasteiger partial charge in [0.25, 0.3) is 0 Å². The lowest BCUT2D eigenvalue weighted by Gasteiger charge is -2.22. The molecule has 100 valence electrons. The zero-order valence-electron chi connectivity index (χ0n) is 10.7. The quantitative estimate of drug-likeness (QED) is 0.720. The lowest BCUT2D eigenvalue weighted by Crippen LogP contribution is -2.33. The minimum absolute atomic E-state index is 0. The Morgan fingerprint density at radius 2 is 2.18 bits per heavy atom. The summed E-state index contributed by atoms with van der Waals surface area (Å²) >= 11 is 0. The summed E-state index contributed by atoms with van der Waals surface area (Å²) in [5.74, 6) is 0.926. The molecule has 1 heterocycles. The highest BCUT2D eigenvalue weighted by Gasteiger charge is 2.14. The summed E-state index contributed by atoms with van der Waals surface area (Å²) in [4.78, 5) is 11.6. The van der Waals surface area contributed by atoms with Crippen LogP contribution >= 0.6 is 12.4 Å². The summed E-state index contributed by atoms with van der Waals surface area (Å²) in [6.07, 6.45) is 6.84. The largest absolute Gasteiger partial charge is 0.353 e. The molecule has 2 N–H and O–H groups in total. The van der Waals surface area contributed by atoms with Gasteiger partial charge in [0.15, 0.2) is 0 Å². The maximum absolute atomic E-state index is 11.6. The highest BCUT2D eigenvalue weighted by Crippen LogP contribution is 2.17. The first-order chi connectivity index (χ1) is 7.72. The van der Waals surface area contributed by atoms with Gasteiger partial charge in [-0.1, -0.05) is 6.08 Å². The summed E-state index contributed by atoms with van der Waals surface area (Å²) in [6.45, 7) is 7.91. The van der Waals surface area contributed by atoms with Crippen LogP contribution in [0.4, 0.5) is 0 Å². The van der Waals surface area contributed by atoms with Gasteiger partial charge in [-0.3, -0.25) is 4.79 Å². The topological polar surface area (TPSA) is 41.1 Å². The number of hydrogen-bond donors (Lipinski definition) is 2. The van der Waals surface area contributed by atoms with Gasteiger partial charge in [-0.25, -0.2) is 0 Å². The highest BCUT2D eigenvalue weighted by atomic mass is 35.5. The number of amides is 1. The predicted octanol–water partition coefficient (Wildman–Crippen LogP) is 2.27. The fourth-order valence-electron chi connectivity index (χ4n) is 2.16. The van der Waals surface area contributed by atoms with Crippen molar-refractivity contribution in [2.75, 3.05) is 13.1 Å². The molecule has 1 fully saturated rings. The maximum atomic E-state index is 11.6. The van der Waals surface area contributed by atoms with Crippen LogP contribution in [0.3, 0.4) is 0 Å². The van der Waals surface area contributed by atoms with Gasteiger partial charge in [0, 0.05) is 12.5 Å². The van der Waals surface area contributed by atoms with Crippen molar-refractivity contribution in [1.29, 1.82) is 0 Å². The lowest BCUT2D eigenvalue weighted by atomic mass is 9.93. The summed E-state index contributed by atoms with van der Waals surface area (Å²) in [6, 6.07) is 0.220. The van der Waals surface area contributed by atoms with Gasteiger partial charge < -0.3 is 10.6 Å². The van der Waals surface area contributed by atoms with Crippen molar-refractivity contribution in [3.63, 3.8) is 0 Å². The Hall–Kier alpha value is -0.540. The Balaban J connectivity index is 0.00000256. The van der Waals surface area contributed by atoms with E-state index in [1.54, 1.807) is 0 Å². The summed E-state index contributed by atoms with van der Waals surface area (Å²) in [5, 5.41) is 6.33. The molecular formula is C13H25ClN2O. The first-order valence-electron chi connectivity index (χ1n) is 6.33. The molecule has 0 aliphatic carbocycles. The lowest BCUT2D eigenvalue weighted by molar-refractivity contribution is -0.122. The Morgan fingerprint density at radius 1 is 1.53 bits per heavy atom. The Kier molecular flexibility index (Phi) is 9.18. The molecule has 17 heavy (non-hydrogen) atoms. The van der Waals surface area contributed by atoms with E-state index in [0.717, 1.165) is 31.8 Å². The second-order valence-corrected chi connectivity index (χ2v) is 4.72. The Bertz CT molecular complexity index is 227. The van der Waals surface area contributed by atoms with Crippen molar-refractivity contribution in [1.82, 2.24) is 10.6 Å². The molecule has 0 aromatic carbocycles. The van der Waals surface area contributed by atoms with Crippen LogP contribution < -0.4 is 10.6 Å². The average Bonchev–Trinajstić information content (AvgIpc) is 2.28. The van der Waals surface area contributed by atoms with Crippen LogP contribution in [-0.4, -0.2) is 25.0 Å². The third-order valence-electron chi connectivity index (χ3n) is 3.17. The van der Waals surface area contributed by atoms with Crippen LogP contribution in [0.2, 0.25) is 0 Å². The van der Waals surface area contributed by atoms with E-state index in [4.69, 9.17) is 0 Å². The number of piperidine rings is 1. The maximum Gasteiger partial charge on any atom is 0.220 e. The van der Waals surface area contributed by atoms with Gasteiger partial charge in [0.1, 0.15) is 0 Å². The zero-order chi connectivity index (χ0) is 11.8. The van der Waals surface area contributed by atoms with Crippen LogP contribution in [0.25, 0.3) is 0 Å². The number of carbonyl (C=O) groups excluding carboxylic acids is 1. The van der Waals surface area contributed by atoms with E-state index in [1.165, 1.54) is 12.8 Å². The fourth-order valence-corrected chi connectivity index (χ4v) is 2.16. The van der Waals surface area contributed by atoms with Gasteiger partial charge in [-0.2, -0.15) is 0 Å². The molecule has 1 amide bonds. The molecule has 1 aliphatic rings. The van der Waals surface area contributed by atoms with Crippen molar-refractivity contribution in [3.05, 3.63) is 12.7 Å². The van der Waals surface area contributed by atoms with E-state index in [-0.39, 0.29) is 24.4 Å². The van der Waals surface area contributed by atoms with E-state index < -0.39 is 0 Å². The molecule has 0 spiro atoms. The molecular weight excluding hydrogens is 236 g/mol. The van der Waals surface area contributed by atoms with Crippen LogP contribution in [0, 0.1) is 5.92 Å². The van der Waals surface area contributed by atoms with E-state index in [9.17, 15) is 4.79 Å². The average molecular weight is 261 g/mol. The van der Waals surface area contributed by atoms with Crippen molar-refractivity contribution >= 4 is 18.3 Å². The molecule has 1 saturated heterocycles. The number of nitrogens with one attached hydrogen (secondary N) is 2. The second-order valence-electron chi connectivity index (χ2n) is 4.72. The highest BCUT2D eigenvalue weighted by molar-refractivity contribution is 5.85. The summed E-state index contributed by atoms with van der Waals surface area (Å²) in [5.41, 5.74) is 0. The summed E-state index contributed by atoms with van der Waals surface area (Å²) in [7, 11) is 0. The molecule has 0 saturated carbocycles. The SMILES string of the molecule is C=CCC(C)NC(=O)CCC1CCNCC1.Cl. The van der Waals surface area contributed by atoms with Gasteiger partial charge >= 0.3 is 0 Å². The fraction of sp³-hybridized carbons (Fsp3) is 0.769. The molecule has 1 atom stereocenters. The van der Waals surface area contributed by atoms with Crippen molar-refractivity contribution in [3.8, 4) is 0 Å². The minimum atomic E-state index is 0. The molecule has 3 nitrogen and oxygen atoms in total. The summed E-state index contributed by atoms with van der Waals surface area (Å²) < 4.78 is 0. The normalized spacial score (nSPS) is 17.9. The van der Waals surface area contributed by atoms with Crippen molar-refractivity contribution in [2.45, 2.75) is 45.1 Å². The third-order valence-corrected chi connectivity index (χ3v) is 3.17. The van der Waals surface area contributed by atoms with Crippen LogP contribution in [0.5, 0.6) is 0 Å². The van der Waals surface area contributed by atoms with E-state index in [1.807, 2.05) is 13.0 Å². The smallest absolute Gasteiger partial charge is 0.220 e. The molecule has 0 aromatic heterocycles. The van der Waals surface area contributed by atoms with Crippen LogP contribution in [0.15, 0.2) is 12.7 Å². The van der Waals surface area contributed by atoms with Gasteiger partial charge in [0.05, 0.1) is 0 Å². The Labute approximate surface area is 111 Å². The Morgan fingerprint density at radius 3 is 2.76 bits per heavy atom. The molecule has 4 heteroatoms. The molecule has 1 aliphatic heterocycles. The van der Waals surface area contributed by atoms with E-state index in [0.29, 0.717) is 6.42 Å². The predicted molar refractivity (Wildman–Crippen MR) is 74.5 cm³/mol. The molecule has 1 rings (SSSR count). The van der Waals surface area contributed by atoms with Crippen molar-refractivity contribution in [2.24, 2.45) is 5.92 Å². The number of rotatable bonds is 6. The van der Waals surface area contributed by atoms with Crippen LogP contribution in [-0.2, 0) is 4.79 Å². The van der Waals surface area contributed by atoms with Gasteiger partial charge in [-0.15, -0.1) is 19.0 Å². The second kappa shape index (κ2) is 9.49. The van der Waals surface area contributed by atoms with Crippen LogP contribution in [0.1, 0.15) is 39.0 Å². The minimum Gasteiger partial charge on any atom is -0.353 e. The molecule has 1 unspecified atom stereocenters. The van der Waals surface area contributed by atoms with E-state index >= 15 is 0 Å². The monoisotopic (exact) mass is 260 g/mol. The molecule has 0 radical (unpaired) electrons. The first-order valence-corrected chi connectivity index (χ1v) is 6.33. The molecule has 0 aromatic rings. The third kappa shape index (κ3) is 7.40. The van der Waals surface area contributed by atoms with Gasteiger partial charge in [-0.05, 0) is 51.6 Å². The first kappa shape index (κ1) is 16.5. The van der Waals surface area contributed by atoms with Gasteiger partial charge in [0.2, 0.25) is 5.91 Å². The number of carbonyl (C=O) groups is 1. The number of halogens is 1. The standard InChI is InChI=1S/C13H24N2O.ClH/c1-3-4-11(2)15-13(16)6-5-12-7-9-14-10-8-12;/h3,11-12,14H,1,4-10H2,2H3,(H,15,16);1H. The molecule has 0 bridgehead atoms. The van der Waals surface area contributed by atoms with Crippen molar-refractivity contribution < 1.29 is 4.79 Å². The zero-order valence-corrected chi connectivity index (χ0v) is 11.5.